The second kappa shape index (κ2) is 6.40. The molecule has 94 valence electrons. The van der Waals surface area contributed by atoms with Gasteiger partial charge >= 0.3 is 0 Å². The summed E-state index contributed by atoms with van der Waals surface area (Å²) in [6.45, 7) is 2.15. The van der Waals surface area contributed by atoms with Gasteiger partial charge in [-0.2, -0.15) is 0 Å². The molecule has 0 atom stereocenters. The zero-order valence-corrected chi connectivity index (χ0v) is 10.9. The molecule has 0 N–H and O–H groups in total. The SMILES string of the molecule is CCCCC#CCC1=C(F)CCc2ccccc21. The molecule has 1 aromatic rings. The smallest absolute Gasteiger partial charge is 0.105 e. The quantitative estimate of drug-likeness (QED) is 0.522. The van der Waals surface area contributed by atoms with Crippen molar-refractivity contribution in [1.29, 1.82) is 0 Å². The molecule has 0 aromatic heterocycles. The first-order valence-corrected chi connectivity index (χ1v) is 6.74. The Morgan fingerprint density at radius 3 is 2.83 bits per heavy atom. The zero-order valence-electron chi connectivity index (χ0n) is 10.9. The maximum absolute atomic E-state index is 13.9. The summed E-state index contributed by atoms with van der Waals surface area (Å²) in [7, 11) is 0. The van der Waals surface area contributed by atoms with E-state index in [-0.39, 0.29) is 5.83 Å². The Kier molecular flexibility index (Phi) is 4.59. The predicted octanol–water partition coefficient (Wildman–Crippen LogP) is 4.90. The largest absolute Gasteiger partial charge is 0.211 e. The van der Waals surface area contributed by atoms with Crippen LogP contribution in [-0.4, -0.2) is 0 Å². The van der Waals surface area contributed by atoms with Gasteiger partial charge in [0.25, 0.3) is 0 Å². The van der Waals surface area contributed by atoms with Gasteiger partial charge in [-0.25, -0.2) is 4.39 Å². The van der Waals surface area contributed by atoms with Crippen LogP contribution in [0.3, 0.4) is 0 Å². The fourth-order valence-electron chi connectivity index (χ4n) is 2.27. The van der Waals surface area contributed by atoms with Crippen LogP contribution in [0.25, 0.3) is 5.57 Å². The highest BCUT2D eigenvalue weighted by Gasteiger charge is 2.17. The molecule has 0 saturated carbocycles. The topological polar surface area (TPSA) is 0 Å². The van der Waals surface area contributed by atoms with E-state index in [9.17, 15) is 4.39 Å². The van der Waals surface area contributed by atoms with E-state index in [0.29, 0.717) is 12.8 Å². The molecule has 0 fully saturated rings. The highest BCUT2D eigenvalue weighted by atomic mass is 19.1. The zero-order chi connectivity index (χ0) is 12.8. The van der Waals surface area contributed by atoms with Gasteiger partial charge in [0.05, 0.1) is 0 Å². The summed E-state index contributed by atoms with van der Waals surface area (Å²) in [4.78, 5) is 0. The first-order chi connectivity index (χ1) is 8.83. The minimum absolute atomic E-state index is 0.0264. The molecule has 0 radical (unpaired) electrons. The first-order valence-electron chi connectivity index (χ1n) is 6.74. The highest BCUT2D eigenvalue weighted by molar-refractivity contribution is 5.73. The van der Waals surface area contributed by atoms with Crippen molar-refractivity contribution in [2.45, 2.75) is 45.4 Å². The van der Waals surface area contributed by atoms with Crippen LogP contribution in [0.2, 0.25) is 0 Å². The van der Waals surface area contributed by atoms with Crippen molar-refractivity contribution in [2.75, 3.05) is 0 Å². The third kappa shape index (κ3) is 3.01. The van der Waals surface area contributed by atoms with Crippen LogP contribution in [0.15, 0.2) is 30.1 Å². The number of aryl methyl sites for hydroxylation is 1. The number of halogens is 1. The van der Waals surface area contributed by atoms with Crippen molar-refractivity contribution in [2.24, 2.45) is 0 Å². The summed E-state index contributed by atoms with van der Waals surface area (Å²) in [5.74, 6) is 6.27. The second-order valence-corrected chi connectivity index (χ2v) is 4.67. The van der Waals surface area contributed by atoms with Gasteiger partial charge < -0.3 is 0 Å². The van der Waals surface area contributed by atoms with Crippen molar-refractivity contribution in [3.05, 3.63) is 41.2 Å². The van der Waals surface area contributed by atoms with E-state index in [1.165, 1.54) is 5.56 Å². The number of rotatable bonds is 3. The third-order valence-corrected chi connectivity index (χ3v) is 3.33. The Hall–Kier alpha value is -1.55. The Labute approximate surface area is 109 Å². The molecule has 0 bridgehead atoms. The van der Waals surface area contributed by atoms with Crippen molar-refractivity contribution in [1.82, 2.24) is 0 Å². The molecule has 0 nitrogen and oxygen atoms in total. The van der Waals surface area contributed by atoms with Gasteiger partial charge in [-0.1, -0.05) is 43.5 Å². The van der Waals surface area contributed by atoms with Gasteiger partial charge in [-0.05, 0) is 24.0 Å². The lowest BCUT2D eigenvalue weighted by molar-refractivity contribution is 0.583. The van der Waals surface area contributed by atoms with E-state index in [1.807, 2.05) is 18.2 Å². The molecule has 0 amide bonds. The molecular formula is C17H19F. The Morgan fingerprint density at radius 2 is 2.00 bits per heavy atom. The number of hydrogen-bond acceptors (Lipinski definition) is 0. The first kappa shape index (κ1) is 12.9. The van der Waals surface area contributed by atoms with Crippen molar-refractivity contribution in [3.63, 3.8) is 0 Å². The third-order valence-electron chi connectivity index (χ3n) is 3.33. The van der Waals surface area contributed by atoms with Gasteiger partial charge in [-0.3, -0.25) is 0 Å². The fraction of sp³-hybridized carbons (Fsp3) is 0.412. The molecule has 0 unspecified atom stereocenters. The van der Waals surface area contributed by atoms with E-state index >= 15 is 0 Å². The lowest BCUT2D eigenvalue weighted by Crippen LogP contribution is -2.02. The molecule has 0 saturated heterocycles. The molecule has 1 heteroatoms. The molecule has 18 heavy (non-hydrogen) atoms. The molecule has 0 heterocycles. The number of unbranched alkanes of at least 4 members (excludes halogenated alkanes) is 2. The number of allylic oxidation sites excluding steroid dienone is 2. The highest BCUT2D eigenvalue weighted by Crippen LogP contribution is 2.33. The second-order valence-electron chi connectivity index (χ2n) is 4.67. The van der Waals surface area contributed by atoms with Crippen LogP contribution in [0.5, 0.6) is 0 Å². The number of hydrogen-bond donors (Lipinski definition) is 0. The Morgan fingerprint density at radius 1 is 1.17 bits per heavy atom. The van der Waals surface area contributed by atoms with Crippen molar-refractivity contribution in [3.8, 4) is 11.8 Å². The van der Waals surface area contributed by atoms with Crippen LogP contribution < -0.4 is 0 Å². The summed E-state index contributed by atoms with van der Waals surface area (Å²) in [6, 6.07) is 8.10. The van der Waals surface area contributed by atoms with E-state index in [1.54, 1.807) is 0 Å². The minimum atomic E-state index is 0.0264. The fourth-order valence-corrected chi connectivity index (χ4v) is 2.27. The molecule has 1 aromatic carbocycles. The van der Waals surface area contributed by atoms with E-state index < -0.39 is 0 Å². The molecule has 0 aliphatic heterocycles. The van der Waals surface area contributed by atoms with E-state index in [0.717, 1.165) is 36.8 Å². The van der Waals surface area contributed by atoms with Crippen molar-refractivity contribution >= 4 is 5.57 Å². The normalized spacial score (nSPS) is 13.9. The lowest BCUT2D eigenvalue weighted by Gasteiger charge is -2.17. The molecular weight excluding hydrogens is 223 g/mol. The summed E-state index contributed by atoms with van der Waals surface area (Å²) in [5.41, 5.74) is 3.12. The van der Waals surface area contributed by atoms with Gasteiger partial charge in [0.2, 0.25) is 0 Å². The average molecular weight is 242 g/mol. The van der Waals surface area contributed by atoms with Gasteiger partial charge in [-0.15, -0.1) is 5.92 Å². The monoisotopic (exact) mass is 242 g/mol. The standard InChI is InChI=1S/C17H19F/c1-2-3-4-5-6-11-16-15-10-8-7-9-14(15)12-13-17(16)18/h7-10H,2-4,11-13H2,1H3. The predicted molar refractivity (Wildman–Crippen MR) is 74.7 cm³/mol. The minimum Gasteiger partial charge on any atom is -0.211 e. The van der Waals surface area contributed by atoms with Crippen LogP contribution in [0, 0.1) is 11.8 Å². The Balaban J connectivity index is 2.12. The maximum atomic E-state index is 13.9. The number of fused-ring (bicyclic) bond motifs is 1. The maximum Gasteiger partial charge on any atom is 0.105 e. The Bertz CT molecular complexity index is 500. The molecule has 2 rings (SSSR count). The van der Waals surface area contributed by atoms with E-state index in [2.05, 4.69) is 24.8 Å². The molecule has 0 spiro atoms. The van der Waals surface area contributed by atoms with Gasteiger partial charge in [0.1, 0.15) is 5.83 Å². The van der Waals surface area contributed by atoms with Gasteiger partial charge in [0.15, 0.2) is 0 Å². The lowest BCUT2D eigenvalue weighted by atomic mass is 9.88. The van der Waals surface area contributed by atoms with E-state index in [4.69, 9.17) is 0 Å². The summed E-state index contributed by atoms with van der Waals surface area (Å²) < 4.78 is 13.9. The molecule has 1 aliphatic rings. The summed E-state index contributed by atoms with van der Waals surface area (Å²) >= 11 is 0. The van der Waals surface area contributed by atoms with Crippen LogP contribution in [-0.2, 0) is 6.42 Å². The summed E-state index contributed by atoms with van der Waals surface area (Å²) in [5, 5.41) is 0. The summed E-state index contributed by atoms with van der Waals surface area (Å²) in [6.07, 6.45) is 5.11. The number of benzene rings is 1. The van der Waals surface area contributed by atoms with Crippen molar-refractivity contribution < 1.29 is 4.39 Å². The molecule has 1 aliphatic carbocycles. The van der Waals surface area contributed by atoms with Crippen LogP contribution in [0.4, 0.5) is 4.39 Å². The average Bonchev–Trinajstić information content (AvgIpc) is 2.41. The van der Waals surface area contributed by atoms with Crippen LogP contribution >= 0.6 is 0 Å². The van der Waals surface area contributed by atoms with Crippen LogP contribution in [0.1, 0.15) is 50.2 Å². The van der Waals surface area contributed by atoms with Gasteiger partial charge in [0, 0.05) is 24.8 Å².